The number of nitrogens with one attached hydrogen (secondary N) is 1. The molecule has 1 N–H and O–H groups in total. The Bertz CT molecular complexity index is 1380. The first-order chi connectivity index (χ1) is 16.4. The zero-order valence-corrected chi connectivity index (χ0v) is 21.4. The van der Waals surface area contributed by atoms with Crippen LogP contribution in [-0.2, 0) is 10.0 Å². The normalized spacial score (nSPS) is 17.7. The van der Waals surface area contributed by atoms with Gasteiger partial charge in [-0.15, -0.1) is 0 Å². The van der Waals surface area contributed by atoms with Crippen LogP contribution in [0.1, 0.15) is 37.3 Å². The van der Waals surface area contributed by atoms with Crippen molar-refractivity contribution in [3.8, 4) is 0 Å². The van der Waals surface area contributed by atoms with Crippen LogP contribution < -0.4 is 10.8 Å². The molecule has 0 unspecified atom stereocenters. The molecule has 8 nitrogen and oxygen atoms in total. The van der Waals surface area contributed by atoms with Crippen LogP contribution in [0.5, 0.6) is 0 Å². The molecule has 2 aromatic heterocycles. The number of anilines is 1. The number of aliphatic imine (C=N–C) groups is 1. The van der Waals surface area contributed by atoms with Gasteiger partial charge in [-0.3, -0.25) is 4.99 Å². The lowest BCUT2D eigenvalue weighted by Crippen LogP contribution is -2.39. The van der Waals surface area contributed by atoms with Crippen LogP contribution in [0.25, 0.3) is 5.65 Å². The molecule has 0 atom stereocenters. The van der Waals surface area contributed by atoms with E-state index in [1.54, 1.807) is 27.2 Å². The summed E-state index contributed by atoms with van der Waals surface area (Å²) in [5, 5.41) is 7.96. The van der Waals surface area contributed by atoms with E-state index in [4.69, 9.17) is 4.98 Å². The highest BCUT2D eigenvalue weighted by Gasteiger charge is 2.31. The van der Waals surface area contributed by atoms with Crippen LogP contribution in [0, 0.1) is 0 Å². The first-order valence-corrected chi connectivity index (χ1v) is 13.7. The van der Waals surface area contributed by atoms with Crippen molar-refractivity contribution in [1.29, 1.82) is 0 Å². The Kier molecular flexibility index (Phi) is 6.59. The summed E-state index contributed by atoms with van der Waals surface area (Å²) >= 11 is 3.56. The van der Waals surface area contributed by atoms with Gasteiger partial charge in [0.15, 0.2) is 5.65 Å². The molecule has 1 aromatic carbocycles. The van der Waals surface area contributed by atoms with Crippen molar-refractivity contribution in [3.05, 3.63) is 58.5 Å². The molecule has 5 rings (SSSR count). The number of halogens is 1. The van der Waals surface area contributed by atoms with Crippen LogP contribution in [0.15, 0.2) is 62.7 Å². The van der Waals surface area contributed by atoms with Gasteiger partial charge in [-0.25, -0.2) is 13.4 Å². The van der Waals surface area contributed by atoms with Gasteiger partial charge in [-0.05, 0) is 53.3 Å². The predicted octanol–water partition coefficient (Wildman–Crippen LogP) is 2.48. The molecule has 3 aromatic rings. The van der Waals surface area contributed by atoms with Gasteiger partial charge in [0.05, 0.1) is 15.6 Å². The zero-order valence-electron chi connectivity index (χ0n) is 19.0. The lowest BCUT2D eigenvalue weighted by molar-refractivity contribution is 0.317. The minimum absolute atomic E-state index is 0.175. The highest BCUT2D eigenvalue weighted by molar-refractivity contribution is 9.10. The number of rotatable bonds is 6. The van der Waals surface area contributed by atoms with Crippen molar-refractivity contribution in [2.24, 2.45) is 4.99 Å². The molecule has 176 valence electrons. The molecular formula is C23H26BBrN6O2S. The summed E-state index contributed by atoms with van der Waals surface area (Å²) < 4.78 is 30.6. The van der Waals surface area contributed by atoms with Crippen LogP contribution in [0.3, 0.4) is 0 Å². The molecule has 4 heterocycles. The summed E-state index contributed by atoms with van der Waals surface area (Å²) in [5.74, 6) is 1.05. The van der Waals surface area contributed by atoms with Gasteiger partial charge in [0, 0.05) is 49.7 Å². The Morgan fingerprint density at radius 1 is 1.21 bits per heavy atom. The second-order valence-electron chi connectivity index (χ2n) is 8.75. The fourth-order valence-electron chi connectivity index (χ4n) is 4.55. The van der Waals surface area contributed by atoms with Crippen LogP contribution >= 0.6 is 15.9 Å². The molecule has 1 fully saturated rings. The van der Waals surface area contributed by atoms with E-state index in [9.17, 15) is 8.42 Å². The largest absolute Gasteiger partial charge is 0.366 e. The average Bonchev–Trinajstić information content (AvgIpc) is 3.24. The van der Waals surface area contributed by atoms with Gasteiger partial charge in [0.25, 0.3) is 0 Å². The Hall–Kier alpha value is -2.50. The third-order valence-corrected chi connectivity index (χ3v) is 9.10. The molecule has 0 aliphatic carbocycles. The molecule has 2 aliphatic rings. The first kappa shape index (κ1) is 23.3. The maximum Gasteiger partial charge on any atom is 0.242 e. The molecule has 0 radical (unpaired) electrons. The maximum atomic E-state index is 13.2. The van der Waals surface area contributed by atoms with Gasteiger partial charge in [-0.2, -0.15) is 13.9 Å². The third kappa shape index (κ3) is 4.56. The predicted molar refractivity (Wildman–Crippen MR) is 140 cm³/mol. The third-order valence-electron chi connectivity index (χ3n) is 6.49. The van der Waals surface area contributed by atoms with Gasteiger partial charge >= 0.3 is 0 Å². The first-order valence-electron chi connectivity index (χ1n) is 11.5. The number of aromatic nitrogens is 3. The SMILES string of the molecule is Bc1ccccc1S(=O)(=O)N1CCC(c2cc(NCC3=CN=CCC3)n3ncc(Br)c3n2)CC1. The van der Waals surface area contributed by atoms with E-state index in [1.165, 1.54) is 5.57 Å². The number of hydrogen-bond acceptors (Lipinski definition) is 6. The van der Waals surface area contributed by atoms with E-state index in [0.29, 0.717) is 24.5 Å². The molecule has 34 heavy (non-hydrogen) atoms. The number of nitrogens with zero attached hydrogens (tertiary/aromatic N) is 5. The summed E-state index contributed by atoms with van der Waals surface area (Å²) in [6.45, 7) is 1.64. The van der Waals surface area contributed by atoms with E-state index in [0.717, 1.165) is 52.8 Å². The summed E-state index contributed by atoms with van der Waals surface area (Å²) in [7, 11) is -1.66. The Labute approximate surface area is 208 Å². The quantitative estimate of drug-likeness (QED) is 0.485. The Morgan fingerprint density at radius 2 is 2.00 bits per heavy atom. The molecule has 0 bridgehead atoms. The number of piperidine rings is 1. The van der Waals surface area contributed by atoms with Crippen molar-refractivity contribution in [2.45, 2.75) is 36.5 Å². The summed E-state index contributed by atoms with van der Waals surface area (Å²) in [4.78, 5) is 9.53. The van der Waals surface area contributed by atoms with Gasteiger partial charge in [-0.1, -0.05) is 23.7 Å². The second kappa shape index (κ2) is 9.63. The molecule has 0 amide bonds. The maximum absolute atomic E-state index is 13.2. The summed E-state index contributed by atoms with van der Waals surface area (Å²) in [6, 6.07) is 9.22. The topological polar surface area (TPSA) is 92.0 Å². The minimum atomic E-state index is -3.50. The van der Waals surface area contributed by atoms with Crippen LogP contribution in [-0.4, -0.2) is 61.0 Å². The van der Waals surface area contributed by atoms with Gasteiger partial charge in [0.1, 0.15) is 13.7 Å². The van der Waals surface area contributed by atoms with E-state index in [2.05, 4.69) is 37.4 Å². The number of sulfonamides is 1. The van der Waals surface area contributed by atoms with Gasteiger partial charge in [0.2, 0.25) is 10.0 Å². The molecule has 0 saturated carbocycles. The van der Waals surface area contributed by atoms with Crippen LogP contribution in [0.4, 0.5) is 5.82 Å². The van der Waals surface area contributed by atoms with E-state index < -0.39 is 10.0 Å². The van der Waals surface area contributed by atoms with Crippen LogP contribution in [0.2, 0.25) is 0 Å². The van der Waals surface area contributed by atoms with E-state index in [1.807, 2.05) is 32.4 Å². The zero-order chi connectivity index (χ0) is 23.7. The Balaban J connectivity index is 1.36. The average molecular weight is 541 g/mol. The molecule has 11 heteroatoms. The number of hydrogen-bond donors (Lipinski definition) is 1. The standard InChI is InChI=1S/C23H26BBrN6O2S/c24-18-5-1-2-6-21(18)34(32,33)30-10-7-17(8-11-30)20-12-22(27-14-16-4-3-9-26-13-16)31-23(29-20)19(25)15-28-31/h1-2,5-6,9,12-13,15,17,27H,3-4,7-8,10-11,14,24H2. The lowest BCUT2D eigenvalue weighted by Gasteiger charge is -2.31. The van der Waals surface area contributed by atoms with E-state index in [-0.39, 0.29) is 5.92 Å². The van der Waals surface area contributed by atoms with E-state index >= 15 is 0 Å². The fourth-order valence-corrected chi connectivity index (χ4v) is 6.60. The highest BCUT2D eigenvalue weighted by atomic mass is 79.9. The monoisotopic (exact) mass is 540 g/mol. The molecular weight excluding hydrogens is 515 g/mol. The van der Waals surface area contributed by atoms with Gasteiger partial charge < -0.3 is 5.32 Å². The second-order valence-corrected chi connectivity index (χ2v) is 11.5. The smallest absolute Gasteiger partial charge is 0.242 e. The lowest BCUT2D eigenvalue weighted by atomic mass is 9.94. The van der Waals surface area contributed by atoms with Crippen molar-refractivity contribution < 1.29 is 8.42 Å². The van der Waals surface area contributed by atoms with Crippen molar-refractivity contribution in [3.63, 3.8) is 0 Å². The minimum Gasteiger partial charge on any atom is -0.366 e. The summed E-state index contributed by atoms with van der Waals surface area (Å²) in [5.41, 5.74) is 3.73. The molecule has 1 saturated heterocycles. The molecule has 2 aliphatic heterocycles. The highest BCUT2D eigenvalue weighted by Crippen LogP contribution is 2.32. The van der Waals surface area contributed by atoms with Crippen molar-refractivity contribution >= 4 is 56.9 Å². The Morgan fingerprint density at radius 3 is 2.74 bits per heavy atom. The van der Waals surface area contributed by atoms with Crippen molar-refractivity contribution in [2.75, 3.05) is 25.0 Å². The number of benzene rings is 1. The molecule has 0 spiro atoms. The van der Waals surface area contributed by atoms with Crippen molar-refractivity contribution in [1.82, 2.24) is 18.9 Å². The number of fused-ring (bicyclic) bond motifs is 1. The fraction of sp³-hybridized carbons (Fsp3) is 0.348. The summed E-state index contributed by atoms with van der Waals surface area (Å²) in [6.07, 6.45) is 9.00.